The van der Waals surface area contributed by atoms with E-state index in [2.05, 4.69) is 36.1 Å². The molecule has 2 fully saturated rings. The highest BCUT2D eigenvalue weighted by Gasteiger charge is 2.50. The third-order valence-corrected chi connectivity index (χ3v) is 4.64. The first-order valence-electron chi connectivity index (χ1n) is 7.20. The molecule has 3 nitrogen and oxygen atoms in total. The highest BCUT2D eigenvalue weighted by atomic mass is 16.4. The number of rotatable bonds is 5. The lowest BCUT2D eigenvalue weighted by atomic mass is 10.1. The van der Waals surface area contributed by atoms with Crippen LogP contribution in [0, 0.1) is 18.8 Å². The molecule has 3 rings (SSSR count). The van der Waals surface area contributed by atoms with Gasteiger partial charge in [0.1, 0.15) is 0 Å². The Morgan fingerprint density at radius 1 is 1.32 bits per heavy atom. The second-order valence-corrected chi connectivity index (χ2v) is 5.98. The molecular weight excluding hydrogens is 238 g/mol. The molecule has 0 spiro atoms. The zero-order valence-electron chi connectivity index (χ0n) is 11.4. The number of aliphatic carboxylic acids is 1. The lowest BCUT2D eigenvalue weighted by Gasteiger charge is -2.32. The predicted octanol–water partition coefficient (Wildman–Crippen LogP) is 3.07. The number of carbonyl (C=O) groups is 1. The van der Waals surface area contributed by atoms with Crippen molar-refractivity contribution in [1.82, 2.24) is 0 Å². The van der Waals surface area contributed by atoms with Crippen LogP contribution in [0.1, 0.15) is 31.2 Å². The Labute approximate surface area is 114 Å². The van der Waals surface area contributed by atoms with Crippen molar-refractivity contribution in [1.29, 1.82) is 0 Å². The number of fused-ring (bicyclic) bond motifs is 1. The minimum Gasteiger partial charge on any atom is -0.481 e. The molecule has 1 N–H and O–H groups in total. The molecule has 3 unspecified atom stereocenters. The second-order valence-electron chi connectivity index (χ2n) is 5.98. The number of nitrogens with zero attached hydrogens (tertiary/aromatic N) is 1. The minimum absolute atomic E-state index is 0.224. The maximum atomic E-state index is 10.9. The topological polar surface area (TPSA) is 40.5 Å². The van der Waals surface area contributed by atoms with Crippen LogP contribution in [0.5, 0.6) is 0 Å². The number of hydrogen-bond acceptors (Lipinski definition) is 2. The standard InChI is InChI=1S/C16H21NO2/c1-11-2-5-13(6-3-11)17(9-8-16(18)19)15-7-4-12-10-14(12)15/h2-3,5-6,12,14-15H,4,7-10H2,1H3,(H,18,19). The molecule has 2 aliphatic rings. The summed E-state index contributed by atoms with van der Waals surface area (Å²) in [5, 5.41) is 8.95. The van der Waals surface area contributed by atoms with Gasteiger partial charge in [-0.2, -0.15) is 0 Å². The van der Waals surface area contributed by atoms with Gasteiger partial charge in [0.15, 0.2) is 0 Å². The molecule has 1 aromatic rings. The number of benzene rings is 1. The number of anilines is 1. The van der Waals surface area contributed by atoms with E-state index in [1.807, 2.05) is 0 Å². The molecule has 2 saturated carbocycles. The second kappa shape index (κ2) is 4.87. The summed E-state index contributed by atoms with van der Waals surface area (Å²) < 4.78 is 0. The van der Waals surface area contributed by atoms with Crippen LogP contribution in [0.15, 0.2) is 24.3 Å². The summed E-state index contributed by atoms with van der Waals surface area (Å²) in [5.41, 5.74) is 2.43. The van der Waals surface area contributed by atoms with Gasteiger partial charge in [-0.25, -0.2) is 0 Å². The van der Waals surface area contributed by atoms with Gasteiger partial charge in [-0.1, -0.05) is 17.7 Å². The van der Waals surface area contributed by atoms with Gasteiger partial charge >= 0.3 is 5.97 Å². The molecule has 0 aromatic heterocycles. The largest absolute Gasteiger partial charge is 0.481 e. The lowest BCUT2D eigenvalue weighted by Crippen LogP contribution is -2.37. The SMILES string of the molecule is Cc1ccc(N(CCC(=O)O)C2CCC3CC32)cc1. The van der Waals surface area contributed by atoms with Crippen LogP contribution >= 0.6 is 0 Å². The van der Waals surface area contributed by atoms with Gasteiger partial charge in [0.25, 0.3) is 0 Å². The Morgan fingerprint density at radius 3 is 2.58 bits per heavy atom. The van der Waals surface area contributed by atoms with Crippen LogP contribution in [-0.2, 0) is 4.79 Å². The van der Waals surface area contributed by atoms with Gasteiger partial charge in [-0.15, -0.1) is 0 Å². The zero-order valence-corrected chi connectivity index (χ0v) is 11.4. The first-order chi connectivity index (χ1) is 9.15. The highest BCUT2D eigenvalue weighted by molar-refractivity contribution is 5.67. The number of hydrogen-bond donors (Lipinski definition) is 1. The van der Waals surface area contributed by atoms with Gasteiger partial charge in [0, 0.05) is 18.3 Å². The normalized spacial score (nSPS) is 27.9. The van der Waals surface area contributed by atoms with E-state index in [4.69, 9.17) is 5.11 Å². The van der Waals surface area contributed by atoms with Crippen LogP contribution in [0.3, 0.4) is 0 Å². The summed E-state index contributed by atoms with van der Waals surface area (Å²) in [4.78, 5) is 13.2. The molecule has 0 bridgehead atoms. The van der Waals surface area contributed by atoms with Crippen LogP contribution in [-0.4, -0.2) is 23.7 Å². The van der Waals surface area contributed by atoms with Crippen molar-refractivity contribution < 1.29 is 9.90 Å². The smallest absolute Gasteiger partial charge is 0.305 e. The first-order valence-corrected chi connectivity index (χ1v) is 7.20. The number of aryl methyl sites for hydroxylation is 1. The maximum absolute atomic E-state index is 10.9. The fourth-order valence-electron chi connectivity index (χ4n) is 3.50. The Balaban J connectivity index is 1.78. The van der Waals surface area contributed by atoms with E-state index >= 15 is 0 Å². The molecule has 0 heterocycles. The predicted molar refractivity (Wildman–Crippen MR) is 75.4 cm³/mol. The van der Waals surface area contributed by atoms with Crippen molar-refractivity contribution in [3.63, 3.8) is 0 Å². The van der Waals surface area contributed by atoms with Gasteiger partial charge in [-0.3, -0.25) is 4.79 Å². The molecule has 1 aromatic carbocycles. The average molecular weight is 259 g/mol. The summed E-state index contributed by atoms with van der Waals surface area (Å²) in [7, 11) is 0. The summed E-state index contributed by atoms with van der Waals surface area (Å²) in [5.74, 6) is 1.03. The molecule has 0 amide bonds. The van der Waals surface area contributed by atoms with E-state index in [1.165, 1.54) is 30.5 Å². The van der Waals surface area contributed by atoms with E-state index in [0.717, 1.165) is 11.8 Å². The molecule has 0 radical (unpaired) electrons. The fourth-order valence-corrected chi connectivity index (χ4v) is 3.50. The van der Waals surface area contributed by atoms with Crippen molar-refractivity contribution in [2.45, 2.75) is 38.6 Å². The zero-order chi connectivity index (χ0) is 13.4. The average Bonchev–Trinajstić information content (AvgIpc) is 3.05. The van der Waals surface area contributed by atoms with E-state index in [9.17, 15) is 4.79 Å². The van der Waals surface area contributed by atoms with Crippen molar-refractivity contribution in [2.24, 2.45) is 11.8 Å². The Kier molecular flexibility index (Phi) is 3.21. The van der Waals surface area contributed by atoms with Crippen molar-refractivity contribution in [2.75, 3.05) is 11.4 Å². The first kappa shape index (κ1) is 12.5. The lowest BCUT2D eigenvalue weighted by molar-refractivity contribution is -0.136. The Bertz CT molecular complexity index is 468. The Morgan fingerprint density at radius 2 is 2.05 bits per heavy atom. The molecule has 3 heteroatoms. The molecule has 0 saturated heterocycles. The van der Waals surface area contributed by atoms with Crippen molar-refractivity contribution in [3.05, 3.63) is 29.8 Å². The summed E-state index contributed by atoms with van der Waals surface area (Å²) in [6.07, 6.45) is 4.12. The molecule has 3 atom stereocenters. The molecule has 0 aliphatic heterocycles. The van der Waals surface area contributed by atoms with Crippen LogP contribution in [0.25, 0.3) is 0 Å². The van der Waals surface area contributed by atoms with E-state index in [1.54, 1.807) is 0 Å². The van der Waals surface area contributed by atoms with Crippen LogP contribution in [0.4, 0.5) is 5.69 Å². The van der Waals surface area contributed by atoms with Crippen LogP contribution in [0.2, 0.25) is 0 Å². The molecule has 2 aliphatic carbocycles. The summed E-state index contributed by atoms with van der Waals surface area (Å²) >= 11 is 0. The van der Waals surface area contributed by atoms with Crippen LogP contribution < -0.4 is 4.90 Å². The molecule has 19 heavy (non-hydrogen) atoms. The van der Waals surface area contributed by atoms with E-state index in [-0.39, 0.29) is 6.42 Å². The highest BCUT2D eigenvalue weighted by Crippen LogP contribution is 2.54. The van der Waals surface area contributed by atoms with Gasteiger partial charge < -0.3 is 10.0 Å². The molecule has 102 valence electrons. The number of carboxylic acid groups (broad SMARTS) is 1. The third-order valence-electron chi connectivity index (χ3n) is 4.64. The quantitative estimate of drug-likeness (QED) is 0.883. The van der Waals surface area contributed by atoms with Crippen molar-refractivity contribution >= 4 is 11.7 Å². The third kappa shape index (κ3) is 2.60. The van der Waals surface area contributed by atoms with Gasteiger partial charge in [0.2, 0.25) is 0 Å². The van der Waals surface area contributed by atoms with E-state index in [0.29, 0.717) is 12.6 Å². The van der Waals surface area contributed by atoms with Crippen molar-refractivity contribution in [3.8, 4) is 0 Å². The Hall–Kier alpha value is -1.51. The van der Waals surface area contributed by atoms with E-state index < -0.39 is 5.97 Å². The summed E-state index contributed by atoms with van der Waals surface area (Å²) in [6.45, 7) is 2.71. The van der Waals surface area contributed by atoms with Gasteiger partial charge in [0.05, 0.1) is 6.42 Å². The monoisotopic (exact) mass is 259 g/mol. The summed E-state index contributed by atoms with van der Waals surface area (Å²) in [6, 6.07) is 9.05. The van der Waals surface area contributed by atoms with Gasteiger partial charge in [-0.05, 0) is 50.2 Å². The maximum Gasteiger partial charge on any atom is 0.305 e. The minimum atomic E-state index is -0.706. The molecular formula is C16H21NO2. The fraction of sp³-hybridized carbons (Fsp3) is 0.562. The number of carboxylic acids is 1.